The number of aliphatic hydroxyl groups excluding tert-OH is 1. The monoisotopic (exact) mass is 298 g/mol. The van der Waals surface area contributed by atoms with Crippen LogP contribution in [0.5, 0.6) is 5.75 Å². The van der Waals surface area contributed by atoms with Gasteiger partial charge in [0.05, 0.1) is 24.5 Å². The SMILES string of the molecule is CC(C)(CO)COc1cccc2c1C(N)=NS(=O)(=O)C2. The van der Waals surface area contributed by atoms with Crippen LogP contribution in [-0.2, 0) is 15.8 Å². The van der Waals surface area contributed by atoms with Gasteiger partial charge in [0.1, 0.15) is 11.6 Å². The molecule has 20 heavy (non-hydrogen) atoms. The number of hydrogen-bond acceptors (Lipinski definition) is 5. The molecule has 1 aromatic carbocycles. The van der Waals surface area contributed by atoms with Gasteiger partial charge in [0.2, 0.25) is 0 Å². The van der Waals surface area contributed by atoms with Crippen molar-refractivity contribution in [2.45, 2.75) is 19.6 Å². The number of sulfonamides is 1. The second-order valence-corrected chi connectivity index (χ2v) is 7.24. The maximum atomic E-state index is 11.6. The molecule has 0 atom stereocenters. The predicted octanol–water partition coefficient (Wildman–Crippen LogP) is 0.633. The minimum Gasteiger partial charge on any atom is -0.492 e. The van der Waals surface area contributed by atoms with E-state index in [4.69, 9.17) is 10.5 Å². The molecule has 0 radical (unpaired) electrons. The average molecular weight is 298 g/mol. The van der Waals surface area contributed by atoms with Crippen molar-refractivity contribution >= 4 is 15.9 Å². The van der Waals surface area contributed by atoms with E-state index in [0.29, 0.717) is 23.5 Å². The molecule has 0 fully saturated rings. The Morgan fingerprint density at radius 3 is 2.80 bits per heavy atom. The van der Waals surface area contributed by atoms with Crippen LogP contribution >= 0.6 is 0 Å². The van der Waals surface area contributed by atoms with Crippen LogP contribution < -0.4 is 10.5 Å². The van der Waals surface area contributed by atoms with Crippen molar-refractivity contribution in [3.63, 3.8) is 0 Å². The van der Waals surface area contributed by atoms with Crippen molar-refractivity contribution < 1.29 is 18.3 Å². The van der Waals surface area contributed by atoms with E-state index in [0.717, 1.165) is 0 Å². The third-order valence-corrected chi connectivity index (χ3v) is 4.14. The second-order valence-electron chi connectivity index (χ2n) is 5.60. The van der Waals surface area contributed by atoms with Gasteiger partial charge in [0.25, 0.3) is 10.0 Å². The smallest absolute Gasteiger partial charge is 0.259 e. The van der Waals surface area contributed by atoms with Crippen molar-refractivity contribution in [3.8, 4) is 5.75 Å². The van der Waals surface area contributed by atoms with Crippen LogP contribution in [0.2, 0.25) is 0 Å². The van der Waals surface area contributed by atoms with Gasteiger partial charge in [0, 0.05) is 5.41 Å². The molecular formula is C13H18N2O4S. The molecule has 0 aromatic heterocycles. The van der Waals surface area contributed by atoms with Gasteiger partial charge in [-0.15, -0.1) is 4.40 Å². The van der Waals surface area contributed by atoms with Crippen LogP contribution in [0.4, 0.5) is 0 Å². The molecule has 3 N–H and O–H groups in total. The number of nitrogens with zero attached hydrogens (tertiary/aromatic N) is 1. The van der Waals surface area contributed by atoms with Crippen LogP contribution in [0.15, 0.2) is 22.6 Å². The molecule has 110 valence electrons. The van der Waals surface area contributed by atoms with Crippen LogP contribution in [-0.4, -0.2) is 32.6 Å². The standard InChI is InChI=1S/C13H18N2O4S/c1-13(2,7-16)8-19-10-5-3-4-9-6-20(17,18)15-12(14)11(9)10/h3-5,16H,6-8H2,1-2H3,(H2,14,15). The first-order chi connectivity index (χ1) is 9.24. The third kappa shape index (κ3) is 3.10. The summed E-state index contributed by atoms with van der Waals surface area (Å²) in [6, 6.07) is 5.12. The Bertz CT molecular complexity index is 650. The lowest BCUT2D eigenvalue weighted by Gasteiger charge is -2.24. The molecule has 0 amide bonds. The highest BCUT2D eigenvalue weighted by atomic mass is 32.2. The number of rotatable bonds is 4. The highest BCUT2D eigenvalue weighted by Crippen LogP contribution is 2.29. The molecule has 7 heteroatoms. The van der Waals surface area contributed by atoms with E-state index in [1.165, 1.54) is 0 Å². The van der Waals surface area contributed by atoms with E-state index >= 15 is 0 Å². The van der Waals surface area contributed by atoms with Gasteiger partial charge in [-0.05, 0) is 11.6 Å². The zero-order chi connectivity index (χ0) is 15.0. The van der Waals surface area contributed by atoms with Gasteiger partial charge < -0.3 is 15.6 Å². The minimum absolute atomic E-state index is 0.0139. The first-order valence-corrected chi connectivity index (χ1v) is 7.79. The summed E-state index contributed by atoms with van der Waals surface area (Å²) in [6.07, 6.45) is 0. The van der Waals surface area contributed by atoms with E-state index in [2.05, 4.69) is 4.40 Å². The Hall–Kier alpha value is -1.60. The molecule has 0 bridgehead atoms. The molecule has 1 aliphatic heterocycles. The number of aliphatic hydroxyl groups is 1. The fraction of sp³-hybridized carbons (Fsp3) is 0.462. The highest BCUT2D eigenvalue weighted by molar-refractivity contribution is 7.89. The van der Waals surface area contributed by atoms with Crippen LogP contribution in [0.3, 0.4) is 0 Å². The lowest BCUT2D eigenvalue weighted by atomic mass is 9.96. The van der Waals surface area contributed by atoms with Crippen molar-refractivity contribution in [1.82, 2.24) is 0 Å². The minimum atomic E-state index is -3.54. The molecule has 1 heterocycles. The summed E-state index contributed by atoms with van der Waals surface area (Å²) in [5.41, 5.74) is 6.45. The van der Waals surface area contributed by atoms with Crippen LogP contribution in [0.25, 0.3) is 0 Å². The van der Waals surface area contributed by atoms with Crippen molar-refractivity contribution in [3.05, 3.63) is 29.3 Å². The quantitative estimate of drug-likeness (QED) is 0.849. The Morgan fingerprint density at radius 2 is 2.15 bits per heavy atom. The Labute approximate surface area is 118 Å². The molecule has 6 nitrogen and oxygen atoms in total. The fourth-order valence-electron chi connectivity index (χ4n) is 1.85. The van der Waals surface area contributed by atoms with Gasteiger partial charge in [0.15, 0.2) is 0 Å². The number of hydrogen-bond donors (Lipinski definition) is 2. The maximum Gasteiger partial charge on any atom is 0.259 e. The summed E-state index contributed by atoms with van der Waals surface area (Å²) in [5, 5.41) is 9.22. The average Bonchev–Trinajstić information content (AvgIpc) is 2.34. The summed E-state index contributed by atoms with van der Waals surface area (Å²) in [7, 11) is -3.54. The van der Waals surface area contributed by atoms with E-state index in [-0.39, 0.29) is 18.2 Å². The largest absolute Gasteiger partial charge is 0.492 e. The van der Waals surface area contributed by atoms with Crippen LogP contribution in [0.1, 0.15) is 25.0 Å². The predicted molar refractivity (Wildman–Crippen MR) is 76.2 cm³/mol. The number of fused-ring (bicyclic) bond motifs is 1. The summed E-state index contributed by atoms with van der Waals surface area (Å²) < 4.78 is 32.3. The van der Waals surface area contributed by atoms with E-state index in [9.17, 15) is 13.5 Å². The molecule has 0 saturated heterocycles. The lowest BCUT2D eigenvalue weighted by Crippen LogP contribution is -2.28. The molecular weight excluding hydrogens is 280 g/mol. The topological polar surface area (TPSA) is 102 Å². The molecule has 0 saturated carbocycles. The molecule has 0 spiro atoms. The van der Waals surface area contributed by atoms with Crippen molar-refractivity contribution in [1.29, 1.82) is 0 Å². The second kappa shape index (κ2) is 5.06. The summed E-state index contributed by atoms with van der Waals surface area (Å²) in [5.74, 6) is 0.257. The molecule has 1 aromatic rings. The van der Waals surface area contributed by atoms with E-state index in [1.807, 2.05) is 13.8 Å². The maximum absolute atomic E-state index is 11.6. The van der Waals surface area contributed by atoms with Crippen LogP contribution in [0, 0.1) is 5.41 Å². The zero-order valence-corrected chi connectivity index (χ0v) is 12.3. The van der Waals surface area contributed by atoms with Gasteiger partial charge in [-0.3, -0.25) is 0 Å². The number of ether oxygens (including phenoxy) is 1. The summed E-state index contributed by atoms with van der Waals surface area (Å²) >= 11 is 0. The van der Waals surface area contributed by atoms with Gasteiger partial charge >= 0.3 is 0 Å². The first-order valence-electron chi connectivity index (χ1n) is 6.18. The highest BCUT2D eigenvalue weighted by Gasteiger charge is 2.26. The summed E-state index contributed by atoms with van der Waals surface area (Å²) in [4.78, 5) is 0. The number of nitrogens with two attached hydrogens (primary N) is 1. The Morgan fingerprint density at radius 1 is 1.45 bits per heavy atom. The van der Waals surface area contributed by atoms with Gasteiger partial charge in [-0.1, -0.05) is 26.0 Å². The van der Waals surface area contributed by atoms with Crippen molar-refractivity contribution in [2.75, 3.05) is 13.2 Å². The molecule has 0 aliphatic carbocycles. The fourth-order valence-corrected chi connectivity index (χ4v) is 2.94. The van der Waals surface area contributed by atoms with Gasteiger partial charge in [-0.25, -0.2) is 8.42 Å². The first kappa shape index (κ1) is 14.8. The van der Waals surface area contributed by atoms with Crippen molar-refractivity contribution in [2.24, 2.45) is 15.5 Å². The Kier molecular flexibility index (Phi) is 3.75. The lowest BCUT2D eigenvalue weighted by molar-refractivity contribution is 0.0974. The Balaban J connectivity index is 2.35. The van der Waals surface area contributed by atoms with Gasteiger partial charge in [-0.2, -0.15) is 0 Å². The molecule has 2 rings (SSSR count). The van der Waals surface area contributed by atoms with E-state index in [1.54, 1.807) is 18.2 Å². The number of amidine groups is 1. The summed E-state index contributed by atoms with van der Waals surface area (Å²) in [6.45, 7) is 4.01. The molecule has 1 aliphatic rings. The van der Waals surface area contributed by atoms with E-state index < -0.39 is 15.4 Å². The zero-order valence-electron chi connectivity index (χ0n) is 11.5. The third-order valence-electron chi connectivity index (χ3n) is 2.99. The normalized spacial score (nSPS) is 17.2. The number of benzene rings is 1. The molecule has 0 unspecified atom stereocenters.